The van der Waals surface area contributed by atoms with Crippen molar-refractivity contribution in [2.45, 2.75) is 31.6 Å². The number of benzene rings is 1. The molecule has 0 spiro atoms. The average Bonchev–Trinajstić information content (AvgIpc) is 2.94. The predicted octanol–water partition coefficient (Wildman–Crippen LogP) is 2.50. The van der Waals surface area contributed by atoms with E-state index < -0.39 is 5.97 Å². The maximum absolute atomic E-state index is 12.3. The molecule has 2 rings (SSSR count). The van der Waals surface area contributed by atoms with Crippen molar-refractivity contribution in [2.24, 2.45) is 5.92 Å². The van der Waals surface area contributed by atoms with Crippen LogP contribution >= 0.6 is 0 Å². The van der Waals surface area contributed by atoms with E-state index in [0.29, 0.717) is 12.5 Å². The van der Waals surface area contributed by atoms with Crippen LogP contribution in [0.5, 0.6) is 0 Å². The quantitative estimate of drug-likeness (QED) is 0.898. The summed E-state index contributed by atoms with van der Waals surface area (Å²) in [4.78, 5) is 24.4. The molecule has 0 heterocycles. The van der Waals surface area contributed by atoms with E-state index in [2.05, 4.69) is 12.1 Å². The second kappa shape index (κ2) is 6.55. The van der Waals surface area contributed by atoms with Crippen LogP contribution in [0, 0.1) is 5.92 Å². The largest absolute Gasteiger partial charge is 0.481 e. The summed E-state index contributed by atoms with van der Waals surface area (Å²) in [5.41, 5.74) is 1.30. The lowest BCUT2D eigenvalue weighted by Crippen LogP contribution is -2.33. The van der Waals surface area contributed by atoms with Gasteiger partial charge >= 0.3 is 5.97 Å². The SMILES string of the molecule is CN(CCC(=O)O)C(=O)[C@@H]1CC[C@@H](c2ccccc2)C1. The molecule has 108 valence electrons. The van der Waals surface area contributed by atoms with Gasteiger partial charge in [-0.2, -0.15) is 0 Å². The molecule has 4 heteroatoms. The molecule has 1 fully saturated rings. The number of rotatable bonds is 5. The smallest absolute Gasteiger partial charge is 0.305 e. The molecule has 1 aliphatic carbocycles. The summed E-state index contributed by atoms with van der Waals surface area (Å²) in [6.07, 6.45) is 2.82. The normalized spacial score (nSPS) is 21.6. The van der Waals surface area contributed by atoms with E-state index in [1.807, 2.05) is 18.2 Å². The zero-order chi connectivity index (χ0) is 14.5. The van der Waals surface area contributed by atoms with Gasteiger partial charge in [0.25, 0.3) is 0 Å². The Balaban J connectivity index is 1.89. The van der Waals surface area contributed by atoms with Crippen molar-refractivity contribution in [3.63, 3.8) is 0 Å². The predicted molar refractivity (Wildman–Crippen MR) is 76.4 cm³/mol. The molecule has 4 nitrogen and oxygen atoms in total. The Bertz CT molecular complexity index is 472. The third-order valence-corrected chi connectivity index (χ3v) is 4.09. The van der Waals surface area contributed by atoms with Gasteiger partial charge in [-0.05, 0) is 30.7 Å². The molecule has 0 aliphatic heterocycles. The van der Waals surface area contributed by atoms with Crippen molar-refractivity contribution in [1.82, 2.24) is 4.90 Å². The molecule has 20 heavy (non-hydrogen) atoms. The second-order valence-corrected chi connectivity index (χ2v) is 5.52. The third kappa shape index (κ3) is 3.59. The monoisotopic (exact) mass is 275 g/mol. The van der Waals surface area contributed by atoms with E-state index in [1.165, 1.54) is 5.56 Å². The molecule has 1 saturated carbocycles. The average molecular weight is 275 g/mol. The van der Waals surface area contributed by atoms with Crippen LogP contribution in [0.4, 0.5) is 0 Å². The fourth-order valence-corrected chi connectivity index (χ4v) is 2.92. The Morgan fingerprint density at radius 2 is 1.95 bits per heavy atom. The lowest BCUT2D eigenvalue weighted by atomic mass is 9.96. The van der Waals surface area contributed by atoms with Crippen LogP contribution in [0.15, 0.2) is 30.3 Å². The standard InChI is InChI=1S/C16H21NO3/c1-17(10-9-15(18)19)16(20)14-8-7-13(11-14)12-5-3-2-4-6-12/h2-6,13-14H,7-11H2,1H3,(H,18,19)/t13-,14-/m1/s1. The molecular weight excluding hydrogens is 254 g/mol. The van der Waals surface area contributed by atoms with Crippen molar-refractivity contribution in [3.8, 4) is 0 Å². The molecule has 0 saturated heterocycles. The van der Waals surface area contributed by atoms with Crippen LogP contribution < -0.4 is 0 Å². The van der Waals surface area contributed by atoms with E-state index in [4.69, 9.17) is 5.11 Å². The molecular formula is C16H21NO3. The fraction of sp³-hybridized carbons (Fsp3) is 0.500. The van der Waals surface area contributed by atoms with Crippen molar-refractivity contribution < 1.29 is 14.7 Å². The molecule has 0 unspecified atom stereocenters. The highest BCUT2D eigenvalue weighted by atomic mass is 16.4. The van der Waals surface area contributed by atoms with Crippen molar-refractivity contribution in [1.29, 1.82) is 0 Å². The Hall–Kier alpha value is -1.84. The van der Waals surface area contributed by atoms with E-state index in [1.54, 1.807) is 11.9 Å². The van der Waals surface area contributed by atoms with E-state index in [9.17, 15) is 9.59 Å². The highest BCUT2D eigenvalue weighted by molar-refractivity contribution is 5.79. The highest BCUT2D eigenvalue weighted by Crippen LogP contribution is 2.38. The summed E-state index contributed by atoms with van der Waals surface area (Å²) in [6.45, 7) is 0.292. The number of aliphatic carboxylic acids is 1. The van der Waals surface area contributed by atoms with Gasteiger partial charge in [0.15, 0.2) is 0 Å². The Morgan fingerprint density at radius 3 is 2.60 bits per heavy atom. The summed E-state index contributed by atoms with van der Waals surface area (Å²) in [5.74, 6) is -0.278. The van der Waals surface area contributed by atoms with Gasteiger partial charge in [-0.15, -0.1) is 0 Å². The van der Waals surface area contributed by atoms with E-state index in [0.717, 1.165) is 19.3 Å². The summed E-state index contributed by atoms with van der Waals surface area (Å²) >= 11 is 0. The van der Waals surface area contributed by atoms with Crippen molar-refractivity contribution >= 4 is 11.9 Å². The van der Waals surface area contributed by atoms with Gasteiger partial charge in [0.05, 0.1) is 6.42 Å². The minimum Gasteiger partial charge on any atom is -0.481 e. The first kappa shape index (κ1) is 14.6. The maximum atomic E-state index is 12.3. The zero-order valence-corrected chi connectivity index (χ0v) is 11.8. The molecule has 1 aromatic carbocycles. The van der Waals surface area contributed by atoms with Gasteiger partial charge in [-0.1, -0.05) is 30.3 Å². The van der Waals surface area contributed by atoms with Crippen LogP contribution in [-0.4, -0.2) is 35.5 Å². The van der Waals surface area contributed by atoms with Gasteiger partial charge in [0.1, 0.15) is 0 Å². The van der Waals surface area contributed by atoms with E-state index >= 15 is 0 Å². The van der Waals surface area contributed by atoms with Crippen molar-refractivity contribution in [2.75, 3.05) is 13.6 Å². The second-order valence-electron chi connectivity index (χ2n) is 5.52. The highest BCUT2D eigenvalue weighted by Gasteiger charge is 2.32. The van der Waals surface area contributed by atoms with Crippen LogP contribution in [0.2, 0.25) is 0 Å². The molecule has 1 N–H and O–H groups in total. The lowest BCUT2D eigenvalue weighted by molar-refractivity contribution is -0.139. The minimum absolute atomic E-state index is 0.0110. The number of carboxylic acid groups (broad SMARTS) is 1. The first-order valence-electron chi connectivity index (χ1n) is 7.09. The number of carboxylic acids is 1. The minimum atomic E-state index is -0.863. The molecule has 1 aliphatic rings. The number of amides is 1. The van der Waals surface area contributed by atoms with Gasteiger partial charge in [0, 0.05) is 19.5 Å². The third-order valence-electron chi connectivity index (χ3n) is 4.09. The first-order chi connectivity index (χ1) is 9.58. The van der Waals surface area contributed by atoms with Crippen LogP contribution in [0.3, 0.4) is 0 Å². The number of hydrogen-bond acceptors (Lipinski definition) is 2. The van der Waals surface area contributed by atoms with Gasteiger partial charge < -0.3 is 10.0 Å². The van der Waals surface area contributed by atoms with Gasteiger partial charge in [0.2, 0.25) is 5.91 Å². The van der Waals surface area contributed by atoms with E-state index in [-0.39, 0.29) is 18.2 Å². The first-order valence-corrected chi connectivity index (χ1v) is 7.09. The summed E-state index contributed by atoms with van der Waals surface area (Å²) < 4.78 is 0. The number of carbonyl (C=O) groups excluding carboxylic acids is 1. The number of hydrogen-bond donors (Lipinski definition) is 1. The Kier molecular flexibility index (Phi) is 4.77. The molecule has 1 amide bonds. The van der Waals surface area contributed by atoms with Crippen LogP contribution in [0.25, 0.3) is 0 Å². The lowest BCUT2D eigenvalue weighted by Gasteiger charge is -2.20. The molecule has 0 aromatic heterocycles. The number of nitrogens with zero attached hydrogens (tertiary/aromatic N) is 1. The zero-order valence-electron chi connectivity index (χ0n) is 11.8. The number of carbonyl (C=O) groups is 2. The van der Waals surface area contributed by atoms with Crippen LogP contribution in [-0.2, 0) is 9.59 Å². The Morgan fingerprint density at radius 1 is 1.25 bits per heavy atom. The summed E-state index contributed by atoms with van der Waals surface area (Å²) in [6, 6.07) is 10.3. The molecule has 0 bridgehead atoms. The maximum Gasteiger partial charge on any atom is 0.305 e. The Labute approximate surface area is 119 Å². The molecule has 1 aromatic rings. The van der Waals surface area contributed by atoms with Crippen molar-refractivity contribution in [3.05, 3.63) is 35.9 Å². The van der Waals surface area contributed by atoms with Gasteiger partial charge in [-0.25, -0.2) is 0 Å². The topological polar surface area (TPSA) is 57.6 Å². The summed E-state index contributed by atoms with van der Waals surface area (Å²) in [5, 5.41) is 8.66. The summed E-state index contributed by atoms with van der Waals surface area (Å²) in [7, 11) is 1.70. The van der Waals surface area contributed by atoms with Crippen LogP contribution in [0.1, 0.15) is 37.2 Å². The molecule has 0 radical (unpaired) electrons. The fourth-order valence-electron chi connectivity index (χ4n) is 2.92. The molecule has 2 atom stereocenters. The van der Waals surface area contributed by atoms with Gasteiger partial charge in [-0.3, -0.25) is 9.59 Å².